The van der Waals surface area contributed by atoms with Crippen LogP contribution in [-0.4, -0.2) is 37.3 Å². The largest absolute Gasteiger partial charge is 0.487 e. The molecule has 0 saturated carbocycles. The maximum absolute atomic E-state index is 14.8. The first-order chi connectivity index (χ1) is 15.4. The van der Waals surface area contributed by atoms with Crippen LogP contribution in [0.4, 0.5) is 14.9 Å². The summed E-state index contributed by atoms with van der Waals surface area (Å²) in [6.45, 7) is 4.63. The maximum atomic E-state index is 14.8. The first-order valence-electron chi connectivity index (χ1n) is 10.9. The number of carbonyl (C=O) groups excluding carboxylic acids is 1. The van der Waals surface area contributed by atoms with Gasteiger partial charge in [0.2, 0.25) is 5.76 Å². The lowest BCUT2D eigenvalue weighted by molar-refractivity contribution is -0.136. The van der Waals surface area contributed by atoms with Gasteiger partial charge in [0.1, 0.15) is 5.82 Å². The summed E-state index contributed by atoms with van der Waals surface area (Å²) in [5.74, 6) is -1.96. The number of rotatable bonds is 11. The fourth-order valence-corrected chi connectivity index (χ4v) is 3.19. The molecule has 0 aliphatic carbocycles. The molecule has 0 aromatic heterocycles. The minimum atomic E-state index is -1.21. The summed E-state index contributed by atoms with van der Waals surface area (Å²) < 4.78 is 19.9. The minimum absolute atomic E-state index is 0.200. The quantitative estimate of drug-likeness (QED) is 0.267. The van der Waals surface area contributed by atoms with Crippen molar-refractivity contribution in [1.82, 2.24) is 5.32 Å². The molecule has 2 amide bonds. The van der Waals surface area contributed by atoms with Crippen molar-refractivity contribution in [3.63, 3.8) is 0 Å². The van der Waals surface area contributed by atoms with Gasteiger partial charge in [0.05, 0.1) is 6.61 Å². The molecule has 0 bridgehead atoms. The lowest BCUT2D eigenvalue weighted by Gasteiger charge is -2.19. The number of aliphatic carboxylic acids is 1. The van der Waals surface area contributed by atoms with Gasteiger partial charge in [-0.2, -0.15) is 0 Å². The fourth-order valence-electron chi connectivity index (χ4n) is 3.19. The van der Waals surface area contributed by atoms with Crippen LogP contribution < -0.4 is 10.2 Å². The molecule has 0 aliphatic heterocycles. The molecular formula is C25H31FN2O4. The third-order valence-electron chi connectivity index (χ3n) is 4.96. The number of halogens is 1. The van der Waals surface area contributed by atoms with Crippen LogP contribution in [0.2, 0.25) is 0 Å². The van der Waals surface area contributed by atoms with Crippen LogP contribution in [-0.2, 0) is 9.53 Å². The second-order valence-electron chi connectivity index (χ2n) is 7.39. The monoisotopic (exact) mass is 442 g/mol. The zero-order valence-electron chi connectivity index (χ0n) is 18.9. The van der Waals surface area contributed by atoms with Crippen molar-refractivity contribution in [2.24, 2.45) is 0 Å². The molecule has 0 heterocycles. The van der Waals surface area contributed by atoms with E-state index in [2.05, 4.69) is 12.2 Å². The number of benzene rings is 2. The number of amides is 2. The van der Waals surface area contributed by atoms with E-state index in [4.69, 9.17) is 9.84 Å². The van der Waals surface area contributed by atoms with E-state index >= 15 is 0 Å². The van der Waals surface area contributed by atoms with Crippen molar-refractivity contribution < 1.29 is 23.8 Å². The predicted molar refractivity (Wildman–Crippen MR) is 125 cm³/mol. The van der Waals surface area contributed by atoms with Crippen LogP contribution in [0.5, 0.6) is 0 Å². The van der Waals surface area contributed by atoms with E-state index < -0.39 is 11.8 Å². The van der Waals surface area contributed by atoms with E-state index in [1.165, 1.54) is 17.0 Å². The molecule has 2 aromatic carbocycles. The van der Waals surface area contributed by atoms with Crippen LogP contribution >= 0.6 is 0 Å². The lowest BCUT2D eigenvalue weighted by atomic mass is 10.0. The van der Waals surface area contributed by atoms with E-state index in [0.717, 1.165) is 25.7 Å². The summed E-state index contributed by atoms with van der Waals surface area (Å²) in [6, 6.07) is 11.3. The first kappa shape index (κ1) is 24.9. The average molecular weight is 443 g/mol. The Labute approximate surface area is 188 Å². The highest BCUT2D eigenvalue weighted by atomic mass is 19.1. The predicted octanol–water partition coefficient (Wildman–Crippen LogP) is 5.68. The lowest BCUT2D eigenvalue weighted by Crippen LogP contribution is -2.37. The molecule has 2 rings (SSSR count). The van der Waals surface area contributed by atoms with Crippen molar-refractivity contribution in [2.75, 3.05) is 25.1 Å². The third-order valence-corrected chi connectivity index (χ3v) is 4.96. The molecule has 32 heavy (non-hydrogen) atoms. The summed E-state index contributed by atoms with van der Waals surface area (Å²) in [5.41, 5.74) is 1.99. The molecular weight excluding hydrogens is 411 g/mol. The number of carboxylic acids is 1. The number of anilines is 1. The highest BCUT2D eigenvalue weighted by Crippen LogP contribution is 2.28. The van der Waals surface area contributed by atoms with Crippen molar-refractivity contribution >= 4 is 23.8 Å². The van der Waals surface area contributed by atoms with Gasteiger partial charge in [0.25, 0.3) is 0 Å². The molecule has 2 N–H and O–H groups in total. The van der Waals surface area contributed by atoms with Crippen LogP contribution in [0.15, 0.2) is 48.2 Å². The molecule has 172 valence electrons. The SMILES string of the molecule is CCCCCCNC(=O)N(C)c1cccc(-c2ccc(/C=C(\OCC)C(=O)O)cc2F)c1. The Morgan fingerprint density at radius 2 is 1.91 bits per heavy atom. The Morgan fingerprint density at radius 3 is 2.56 bits per heavy atom. The molecule has 0 unspecified atom stereocenters. The highest BCUT2D eigenvalue weighted by Gasteiger charge is 2.13. The summed E-state index contributed by atoms with van der Waals surface area (Å²) in [6.07, 6.45) is 5.60. The van der Waals surface area contributed by atoms with Gasteiger partial charge in [-0.05, 0) is 48.7 Å². The second kappa shape index (κ2) is 12.5. The van der Waals surface area contributed by atoms with Crippen molar-refractivity contribution in [1.29, 1.82) is 0 Å². The minimum Gasteiger partial charge on any atom is -0.487 e. The molecule has 0 radical (unpaired) electrons. The summed E-state index contributed by atoms with van der Waals surface area (Å²) in [7, 11) is 1.67. The smallest absolute Gasteiger partial charge is 0.371 e. The van der Waals surface area contributed by atoms with E-state index in [1.807, 2.05) is 0 Å². The van der Waals surface area contributed by atoms with Crippen molar-refractivity contribution in [3.05, 3.63) is 59.6 Å². The van der Waals surface area contributed by atoms with Gasteiger partial charge in [0.15, 0.2) is 0 Å². The Morgan fingerprint density at radius 1 is 1.12 bits per heavy atom. The van der Waals surface area contributed by atoms with Crippen LogP contribution in [0.3, 0.4) is 0 Å². The van der Waals surface area contributed by atoms with Crippen LogP contribution in [0.1, 0.15) is 45.1 Å². The Kier molecular flexibility index (Phi) is 9.73. The Bertz CT molecular complexity index is 959. The van der Waals surface area contributed by atoms with E-state index in [0.29, 0.717) is 28.9 Å². The van der Waals surface area contributed by atoms with Crippen LogP contribution in [0.25, 0.3) is 17.2 Å². The van der Waals surface area contributed by atoms with E-state index in [1.54, 1.807) is 50.4 Å². The molecule has 0 saturated heterocycles. The number of hydrogen-bond acceptors (Lipinski definition) is 3. The number of unbranched alkanes of at least 4 members (excludes halogenated alkanes) is 3. The zero-order chi connectivity index (χ0) is 23.5. The third kappa shape index (κ3) is 7.11. The van der Waals surface area contributed by atoms with E-state index in [-0.39, 0.29) is 18.4 Å². The summed E-state index contributed by atoms with van der Waals surface area (Å²) in [5, 5.41) is 12.1. The molecule has 7 heteroatoms. The number of carbonyl (C=O) groups is 2. The number of urea groups is 1. The summed E-state index contributed by atoms with van der Waals surface area (Å²) >= 11 is 0. The maximum Gasteiger partial charge on any atom is 0.371 e. The van der Waals surface area contributed by atoms with Gasteiger partial charge in [-0.25, -0.2) is 14.0 Å². The standard InChI is InChI=1S/C25H31FN2O4/c1-4-6-7-8-14-27-25(31)28(3)20-11-9-10-19(17-20)21-13-12-18(15-22(21)26)16-23(24(29)30)32-5-2/h9-13,15-17H,4-8,14H2,1-3H3,(H,27,31)(H,29,30)/b23-16-. The Balaban J connectivity index is 2.16. The average Bonchev–Trinajstić information content (AvgIpc) is 2.78. The van der Waals surface area contributed by atoms with Gasteiger partial charge >= 0.3 is 12.0 Å². The second-order valence-corrected chi connectivity index (χ2v) is 7.39. The molecule has 0 spiro atoms. The number of nitrogens with zero attached hydrogens (tertiary/aromatic N) is 1. The number of nitrogens with one attached hydrogen (secondary N) is 1. The van der Waals surface area contributed by atoms with Gasteiger partial charge in [-0.15, -0.1) is 0 Å². The topological polar surface area (TPSA) is 78.9 Å². The Hall–Kier alpha value is -3.35. The van der Waals surface area contributed by atoms with Crippen molar-refractivity contribution in [2.45, 2.75) is 39.5 Å². The van der Waals surface area contributed by atoms with Gasteiger partial charge < -0.3 is 15.2 Å². The molecule has 0 aliphatic rings. The summed E-state index contributed by atoms with van der Waals surface area (Å²) in [4.78, 5) is 25.1. The van der Waals surface area contributed by atoms with Crippen LogP contribution in [0, 0.1) is 5.82 Å². The van der Waals surface area contributed by atoms with Gasteiger partial charge in [0, 0.05) is 24.8 Å². The fraction of sp³-hybridized carbons (Fsp3) is 0.360. The molecule has 2 aromatic rings. The molecule has 0 atom stereocenters. The zero-order valence-corrected chi connectivity index (χ0v) is 18.9. The number of hydrogen-bond donors (Lipinski definition) is 2. The molecule has 6 nitrogen and oxygen atoms in total. The van der Waals surface area contributed by atoms with E-state index in [9.17, 15) is 14.0 Å². The normalized spacial score (nSPS) is 11.2. The highest BCUT2D eigenvalue weighted by molar-refractivity contribution is 5.92. The number of ether oxygens (including phenoxy) is 1. The molecule has 0 fully saturated rings. The number of carboxylic acid groups (broad SMARTS) is 1. The van der Waals surface area contributed by atoms with Gasteiger partial charge in [-0.3, -0.25) is 4.90 Å². The first-order valence-corrected chi connectivity index (χ1v) is 10.9. The van der Waals surface area contributed by atoms with Crippen molar-refractivity contribution in [3.8, 4) is 11.1 Å². The van der Waals surface area contributed by atoms with Gasteiger partial charge in [-0.1, -0.05) is 50.5 Å².